The molecule has 1 N–H and O–H groups in total. The summed E-state index contributed by atoms with van der Waals surface area (Å²) < 4.78 is 45.6. The van der Waals surface area contributed by atoms with Crippen LogP contribution < -0.4 is 5.32 Å². The molecule has 1 aromatic carbocycles. The fourth-order valence-electron chi connectivity index (χ4n) is 5.21. The van der Waals surface area contributed by atoms with Crippen molar-refractivity contribution in [3.05, 3.63) is 33.8 Å². The van der Waals surface area contributed by atoms with Gasteiger partial charge in [-0.05, 0) is 67.6 Å². The van der Waals surface area contributed by atoms with Crippen molar-refractivity contribution < 1.29 is 22.7 Å². The van der Waals surface area contributed by atoms with Gasteiger partial charge < -0.3 is 10.1 Å². The van der Waals surface area contributed by atoms with E-state index in [0.29, 0.717) is 24.2 Å². The van der Waals surface area contributed by atoms with Crippen LogP contribution in [0.1, 0.15) is 36.8 Å². The highest BCUT2D eigenvalue weighted by Gasteiger charge is 2.67. The Hall–Kier alpha value is -1.19. The molecule has 28 heavy (non-hydrogen) atoms. The average molecular weight is 477 g/mol. The van der Waals surface area contributed by atoms with Crippen LogP contribution in [-0.2, 0) is 21.5 Å². The van der Waals surface area contributed by atoms with Crippen LogP contribution in [0.2, 0.25) is 0 Å². The number of carbonyl (C=O) groups excluding carboxylic acids is 1. The van der Waals surface area contributed by atoms with Crippen molar-refractivity contribution in [3.8, 4) is 0 Å². The van der Waals surface area contributed by atoms with Gasteiger partial charge in [0.15, 0.2) is 10.7 Å². The lowest BCUT2D eigenvalue weighted by Crippen LogP contribution is -2.57. The molecule has 2 fully saturated rings. The van der Waals surface area contributed by atoms with Gasteiger partial charge in [-0.15, -0.1) is 0 Å². The monoisotopic (exact) mass is 476 g/mol. The SMILES string of the molecule is COC1CCC2(CC1)Cc1ccc(Br)cc1C21NC(=S)N(CC(F)(F)F)C1=O. The van der Waals surface area contributed by atoms with Crippen LogP contribution in [0.25, 0.3) is 0 Å². The number of halogens is 4. The number of hydrogen-bond donors (Lipinski definition) is 1. The zero-order chi connectivity index (χ0) is 20.3. The number of benzene rings is 1. The van der Waals surface area contributed by atoms with Gasteiger partial charge in [0.2, 0.25) is 0 Å². The lowest BCUT2D eigenvalue weighted by atomic mass is 9.61. The molecular weight excluding hydrogens is 457 g/mol. The van der Waals surface area contributed by atoms with Crippen molar-refractivity contribution in [1.29, 1.82) is 0 Å². The second-order valence-electron chi connectivity index (χ2n) is 7.88. The first-order chi connectivity index (χ1) is 13.1. The topological polar surface area (TPSA) is 41.6 Å². The summed E-state index contributed by atoms with van der Waals surface area (Å²) in [6.07, 6.45) is -0.909. The van der Waals surface area contributed by atoms with Gasteiger partial charge in [-0.3, -0.25) is 9.69 Å². The third kappa shape index (κ3) is 2.89. The summed E-state index contributed by atoms with van der Waals surface area (Å²) in [7, 11) is 1.66. The van der Waals surface area contributed by atoms with E-state index in [9.17, 15) is 18.0 Å². The predicted molar refractivity (Wildman–Crippen MR) is 105 cm³/mol. The molecule has 152 valence electrons. The minimum Gasteiger partial charge on any atom is -0.381 e. The second-order valence-corrected chi connectivity index (χ2v) is 9.18. The predicted octanol–water partition coefficient (Wildman–Crippen LogP) is 4.05. The summed E-state index contributed by atoms with van der Waals surface area (Å²) in [4.78, 5) is 14.2. The van der Waals surface area contributed by atoms with E-state index in [1.54, 1.807) is 7.11 Å². The molecule has 0 aromatic heterocycles. The summed E-state index contributed by atoms with van der Waals surface area (Å²) in [5.41, 5.74) is -0.0638. The molecule has 2 aliphatic carbocycles. The van der Waals surface area contributed by atoms with Gasteiger partial charge in [0.05, 0.1) is 6.10 Å². The number of carbonyl (C=O) groups is 1. The van der Waals surface area contributed by atoms with Crippen LogP contribution in [0.3, 0.4) is 0 Å². The Labute approximate surface area is 174 Å². The third-order valence-corrected chi connectivity index (χ3v) is 7.28. The van der Waals surface area contributed by atoms with Crippen molar-refractivity contribution >= 4 is 39.2 Å². The number of hydrogen-bond acceptors (Lipinski definition) is 3. The Kier molecular flexibility index (Phi) is 4.79. The fourth-order valence-corrected chi connectivity index (χ4v) is 5.87. The summed E-state index contributed by atoms with van der Waals surface area (Å²) in [6.45, 7) is -1.38. The summed E-state index contributed by atoms with van der Waals surface area (Å²) in [5, 5.41) is 2.93. The van der Waals surface area contributed by atoms with E-state index in [0.717, 1.165) is 28.4 Å². The maximum absolute atomic E-state index is 13.5. The Morgan fingerprint density at radius 1 is 1.36 bits per heavy atom. The number of rotatable bonds is 2. The van der Waals surface area contributed by atoms with Crippen LogP contribution in [0, 0.1) is 5.41 Å². The summed E-state index contributed by atoms with van der Waals surface area (Å²) >= 11 is 8.66. The van der Waals surface area contributed by atoms with Crippen molar-refractivity contribution in [3.63, 3.8) is 0 Å². The minimum absolute atomic E-state index is 0.104. The van der Waals surface area contributed by atoms with Crippen LogP contribution in [0.4, 0.5) is 13.2 Å². The van der Waals surface area contributed by atoms with Gasteiger partial charge in [-0.25, -0.2) is 0 Å². The lowest BCUT2D eigenvalue weighted by molar-refractivity contribution is -0.157. The maximum atomic E-state index is 13.5. The van der Waals surface area contributed by atoms with Crippen molar-refractivity contribution in [2.75, 3.05) is 13.7 Å². The molecule has 1 amide bonds. The Morgan fingerprint density at radius 3 is 2.64 bits per heavy atom. The van der Waals surface area contributed by atoms with Gasteiger partial charge in [0.1, 0.15) is 6.54 Å². The van der Waals surface area contributed by atoms with E-state index in [4.69, 9.17) is 17.0 Å². The second kappa shape index (κ2) is 6.67. The van der Waals surface area contributed by atoms with E-state index in [-0.39, 0.29) is 11.2 Å². The first-order valence-corrected chi connectivity index (χ1v) is 10.3. The number of thiocarbonyl (C=S) groups is 1. The quantitative estimate of drug-likeness (QED) is 0.653. The number of methoxy groups -OCH3 is 1. The average Bonchev–Trinajstić information content (AvgIpc) is 3.03. The Morgan fingerprint density at radius 2 is 2.04 bits per heavy atom. The van der Waals surface area contributed by atoms with Crippen LogP contribution >= 0.6 is 28.1 Å². The molecule has 1 atom stereocenters. The first kappa shape index (κ1) is 20.1. The molecule has 1 heterocycles. The van der Waals surface area contributed by atoms with Crippen molar-refractivity contribution in [2.45, 2.75) is 49.9 Å². The molecule has 1 saturated carbocycles. The largest absolute Gasteiger partial charge is 0.406 e. The first-order valence-electron chi connectivity index (χ1n) is 9.14. The maximum Gasteiger partial charge on any atom is 0.406 e. The number of alkyl halides is 3. The van der Waals surface area contributed by atoms with E-state index < -0.39 is 29.6 Å². The fraction of sp³-hybridized carbons (Fsp3) is 0.579. The van der Waals surface area contributed by atoms with Crippen molar-refractivity contribution in [2.24, 2.45) is 5.41 Å². The zero-order valence-corrected chi connectivity index (χ0v) is 17.6. The molecule has 2 spiro atoms. The van der Waals surface area contributed by atoms with Crippen LogP contribution in [0.15, 0.2) is 22.7 Å². The van der Waals surface area contributed by atoms with Gasteiger partial charge in [0.25, 0.3) is 5.91 Å². The third-order valence-electron chi connectivity index (χ3n) is 6.47. The van der Waals surface area contributed by atoms with E-state index in [1.165, 1.54) is 0 Å². The van der Waals surface area contributed by atoms with Crippen molar-refractivity contribution in [1.82, 2.24) is 10.2 Å². The Bertz CT molecular complexity index is 839. The number of amides is 1. The minimum atomic E-state index is -4.52. The molecule has 4 nitrogen and oxygen atoms in total. The van der Waals surface area contributed by atoms with E-state index >= 15 is 0 Å². The van der Waals surface area contributed by atoms with Gasteiger partial charge >= 0.3 is 6.18 Å². The molecule has 0 bridgehead atoms. The molecule has 4 rings (SSSR count). The highest BCUT2D eigenvalue weighted by Crippen LogP contribution is 2.60. The molecule has 1 unspecified atom stereocenters. The zero-order valence-electron chi connectivity index (χ0n) is 15.2. The Balaban J connectivity index is 1.82. The van der Waals surface area contributed by atoms with E-state index in [2.05, 4.69) is 21.2 Å². The van der Waals surface area contributed by atoms with Gasteiger partial charge in [0, 0.05) is 17.0 Å². The highest BCUT2D eigenvalue weighted by atomic mass is 79.9. The molecule has 1 saturated heterocycles. The summed E-state index contributed by atoms with van der Waals surface area (Å²) in [5.74, 6) is -0.595. The number of nitrogens with one attached hydrogen (secondary N) is 1. The molecule has 1 aliphatic heterocycles. The van der Waals surface area contributed by atoms with Crippen LogP contribution in [-0.4, -0.2) is 41.9 Å². The van der Waals surface area contributed by atoms with Gasteiger partial charge in [-0.1, -0.05) is 22.0 Å². The smallest absolute Gasteiger partial charge is 0.381 e. The lowest BCUT2D eigenvalue weighted by Gasteiger charge is -2.46. The number of ether oxygens (including phenoxy) is 1. The normalized spacial score (nSPS) is 32.3. The molecule has 1 aromatic rings. The molecular formula is C19H20BrF3N2O2S. The molecule has 9 heteroatoms. The van der Waals surface area contributed by atoms with E-state index in [1.807, 2.05) is 18.2 Å². The standard InChI is InChI=1S/C19H20BrF3N2O2S/c1-27-13-4-6-17(7-5-13)9-11-2-3-12(20)8-14(11)19(17)15(26)25(16(28)24-19)10-18(21,22)23/h2-3,8,13H,4-7,9-10H2,1H3,(H,24,28). The molecule has 3 aliphatic rings. The molecule has 0 radical (unpaired) electrons. The number of fused-ring (bicyclic) bond motifs is 3. The van der Waals surface area contributed by atoms with Crippen LogP contribution in [0.5, 0.6) is 0 Å². The number of nitrogens with zero attached hydrogens (tertiary/aromatic N) is 1. The highest BCUT2D eigenvalue weighted by molar-refractivity contribution is 9.10. The van der Waals surface area contributed by atoms with Gasteiger partial charge in [-0.2, -0.15) is 13.2 Å². The summed E-state index contributed by atoms with van der Waals surface area (Å²) in [6, 6.07) is 5.69.